The zero-order valence-corrected chi connectivity index (χ0v) is 16.1. The molecule has 2 aliphatic rings. The fourth-order valence-electron chi connectivity index (χ4n) is 4.53. The number of halogens is 1. The Labute approximate surface area is 159 Å². The van der Waals surface area contributed by atoms with Crippen molar-refractivity contribution in [3.05, 3.63) is 53.4 Å². The number of aryl methyl sites for hydroxylation is 1. The van der Waals surface area contributed by atoms with Crippen molar-refractivity contribution >= 4 is 5.91 Å². The van der Waals surface area contributed by atoms with Gasteiger partial charge in [-0.15, -0.1) is 0 Å². The quantitative estimate of drug-likeness (QED) is 0.831. The van der Waals surface area contributed by atoms with Crippen molar-refractivity contribution < 1.29 is 9.18 Å². The molecule has 1 aromatic carbocycles. The molecule has 1 amide bonds. The number of hydrogen-bond acceptors (Lipinski definition) is 3. The molecule has 5 nitrogen and oxygen atoms in total. The van der Waals surface area contributed by atoms with Crippen LogP contribution < -0.4 is 0 Å². The molecule has 2 aliphatic heterocycles. The van der Waals surface area contributed by atoms with Crippen molar-refractivity contribution in [1.82, 2.24) is 19.4 Å². The molecule has 1 spiro atoms. The highest BCUT2D eigenvalue weighted by molar-refractivity contribution is 5.84. The second-order valence-corrected chi connectivity index (χ2v) is 8.02. The van der Waals surface area contributed by atoms with Crippen LogP contribution in [-0.2, 0) is 24.9 Å². The minimum absolute atomic E-state index is 0.195. The number of hydrogen-bond donors (Lipinski definition) is 0. The summed E-state index contributed by atoms with van der Waals surface area (Å²) in [5.41, 5.74) is 1.47. The van der Waals surface area contributed by atoms with Crippen LogP contribution >= 0.6 is 0 Å². The molecule has 6 heteroatoms. The third-order valence-electron chi connectivity index (χ3n) is 6.28. The highest BCUT2D eigenvalue weighted by Gasteiger charge is 2.48. The van der Waals surface area contributed by atoms with Gasteiger partial charge in [0.25, 0.3) is 0 Å². The number of nitrogens with zero attached hydrogens (tertiary/aromatic N) is 4. The van der Waals surface area contributed by atoms with E-state index in [0.29, 0.717) is 12.1 Å². The predicted molar refractivity (Wildman–Crippen MR) is 101 cm³/mol. The number of rotatable bonds is 4. The zero-order chi connectivity index (χ0) is 19.0. The largest absolute Gasteiger partial charge is 0.338 e. The fraction of sp³-hybridized carbons (Fsp3) is 0.524. The molecule has 2 aromatic rings. The lowest BCUT2D eigenvalue weighted by Crippen LogP contribution is -2.49. The van der Waals surface area contributed by atoms with Crippen molar-refractivity contribution in [1.29, 1.82) is 0 Å². The maximum absolute atomic E-state index is 14.0. The standard InChI is InChI=1S/C21H27FN4O/c1-16-23-12-18(24(16)2)14-25-11-9-21(15-25)8-5-10-26(20(21)27)13-17-6-3-4-7-19(17)22/h3-4,6-7,12H,5,8-11,13-15H2,1-2H3/t21-/m1/s1. The average molecular weight is 370 g/mol. The van der Waals surface area contributed by atoms with Crippen molar-refractivity contribution in [3.8, 4) is 0 Å². The van der Waals surface area contributed by atoms with Crippen LogP contribution in [0.2, 0.25) is 0 Å². The van der Waals surface area contributed by atoms with E-state index in [0.717, 1.165) is 51.3 Å². The highest BCUT2D eigenvalue weighted by Crippen LogP contribution is 2.41. The topological polar surface area (TPSA) is 41.4 Å². The summed E-state index contributed by atoms with van der Waals surface area (Å²) >= 11 is 0. The summed E-state index contributed by atoms with van der Waals surface area (Å²) in [5.74, 6) is 0.967. The maximum atomic E-state index is 14.0. The van der Waals surface area contributed by atoms with E-state index in [-0.39, 0.29) is 17.1 Å². The molecule has 144 valence electrons. The van der Waals surface area contributed by atoms with E-state index < -0.39 is 0 Å². The van der Waals surface area contributed by atoms with Crippen molar-refractivity contribution in [3.63, 3.8) is 0 Å². The van der Waals surface area contributed by atoms with E-state index in [2.05, 4.69) is 14.5 Å². The smallest absolute Gasteiger partial charge is 0.230 e. The summed E-state index contributed by atoms with van der Waals surface area (Å²) in [6.07, 6.45) is 4.73. The maximum Gasteiger partial charge on any atom is 0.230 e. The molecular formula is C21H27FN4O. The summed E-state index contributed by atoms with van der Waals surface area (Å²) in [5, 5.41) is 0. The van der Waals surface area contributed by atoms with Crippen molar-refractivity contribution in [2.75, 3.05) is 19.6 Å². The monoisotopic (exact) mass is 370 g/mol. The fourth-order valence-corrected chi connectivity index (χ4v) is 4.53. The lowest BCUT2D eigenvalue weighted by Gasteiger charge is -2.39. The molecule has 3 heterocycles. The first-order valence-corrected chi connectivity index (χ1v) is 9.71. The van der Waals surface area contributed by atoms with Gasteiger partial charge in [0, 0.05) is 45.0 Å². The number of aromatic nitrogens is 2. The van der Waals surface area contributed by atoms with Gasteiger partial charge < -0.3 is 9.47 Å². The molecular weight excluding hydrogens is 343 g/mol. The number of imidazole rings is 1. The molecule has 1 aromatic heterocycles. The second-order valence-electron chi connectivity index (χ2n) is 8.02. The molecule has 2 fully saturated rings. The van der Waals surface area contributed by atoms with Crippen molar-refractivity contribution in [2.24, 2.45) is 12.5 Å². The molecule has 0 aliphatic carbocycles. The second kappa shape index (κ2) is 7.08. The normalized spacial score (nSPS) is 23.5. The van der Waals surface area contributed by atoms with Crippen LogP contribution in [0.15, 0.2) is 30.5 Å². The molecule has 0 bridgehead atoms. The molecule has 1 atom stereocenters. The van der Waals surface area contributed by atoms with E-state index in [4.69, 9.17) is 0 Å². The minimum atomic E-state index is -0.308. The summed E-state index contributed by atoms with van der Waals surface area (Å²) in [6, 6.07) is 6.76. The van der Waals surface area contributed by atoms with Gasteiger partial charge in [-0.25, -0.2) is 9.37 Å². The third kappa shape index (κ3) is 3.38. The van der Waals surface area contributed by atoms with Crippen LogP contribution in [0.4, 0.5) is 4.39 Å². The third-order valence-corrected chi connectivity index (χ3v) is 6.28. The summed E-state index contributed by atoms with van der Waals surface area (Å²) in [4.78, 5) is 21.9. The van der Waals surface area contributed by atoms with Gasteiger partial charge in [-0.3, -0.25) is 9.69 Å². The highest BCUT2D eigenvalue weighted by atomic mass is 19.1. The number of carbonyl (C=O) groups is 1. The summed E-state index contributed by atoms with van der Waals surface area (Å²) in [6.45, 7) is 5.61. The van der Waals surface area contributed by atoms with Gasteiger partial charge in [0.1, 0.15) is 11.6 Å². The van der Waals surface area contributed by atoms with Crippen LogP contribution in [0.25, 0.3) is 0 Å². The first-order valence-electron chi connectivity index (χ1n) is 9.71. The van der Waals surface area contributed by atoms with Crippen molar-refractivity contribution in [2.45, 2.75) is 39.3 Å². The Bertz CT molecular complexity index is 848. The van der Waals surface area contributed by atoms with Gasteiger partial charge in [0.2, 0.25) is 5.91 Å². The molecule has 0 radical (unpaired) electrons. The first-order chi connectivity index (χ1) is 13.0. The molecule has 2 saturated heterocycles. The SMILES string of the molecule is Cc1ncc(CN2CC[C@]3(CCCN(Cc4ccccc4F)C3=O)C2)n1C. The molecule has 0 N–H and O–H groups in total. The Morgan fingerprint density at radius 2 is 2.00 bits per heavy atom. The Balaban J connectivity index is 1.46. The van der Waals surface area contributed by atoms with Crippen LogP contribution in [0.3, 0.4) is 0 Å². The van der Waals surface area contributed by atoms with Gasteiger partial charge >= 0.3 is 0 Å². The Hall–Kier alpha value is -2.21. The summed E-state index contributed by atoms with van der Waals surface area (Å²) < 4.78 is 16.1. The average Bonchev–Trinajstić information content (AvgIpc) is 3.20. The molecule has 0 unspecified atom stereocenters. The number of amides is 1. The Morgan fingerprint density at radius 3 is 2.74 bits per heavy atom. The molecule has 27 heavy (non-hydrogen) atoms. The van der Waals surface area contributed by atoms with Crippen LogP contribution in [-0.4, -0.2) is 44.9 Å². The van der Waals surface area contributed by atoms with Crippen LogP contribution in [0.1, 0.15) is 36.3 Å². The van der Waals surface area contributed by atoms with Gasteiger partial charge in [-0.1, -0.05) is 18.2 Å². The lowest BCUT2D eigenvalue weighted by atomic mass is 9.78. The predicted octanol–water partition coefficient (Wildman–Crippen LogP) is 2.88. The first kappa shape index (κ1) is 18.2. The van der Waals surface area contributed by atoms with E-state index >= 15 is 0 Å². The van der Waals surface area contributed by atoms with Gasteiger partial charge in [0.05, 0.1) is 11.1 Å². The van der Waals surface area contributed by atoms with Gasteiger partial charge in [0.15, 0.2) is 0 Å². The van der Waals surface area contributed by atoms with Crippen LogP contribution in [0.5, 0.6) is 0 Å². The lowest BCUT2D eigenvalue weighted by molar-refractivity contribution is -0.146. The number of piperidine rings is 1. The number of carbonyl (C=O) groups excluding carboxylic acids is 1. The summed E-state index contributed by atoms with van der Waals surface area (Å²) in [7, 11) is 2.03. The minimum Gasteiger partial charge on any atom is -0.338 e. The Morgan fingerprint density at radius 1 is 1.19 bits per heavy atom. The van der Waals surface area contributed by atoms with E-state index in [1.165, 1.54) is 11.8 Å². The van der Waals surface area contributed by atoms with E-state index in [1.807, 2.05) is 31.1 Å². The molecule has 0 saturated carbocycles. The molecule has 4 rings (SSSR count). The zero-order valence-electron chi connectivity index (χ0n) is 16.1. The van der Waals surface area contributed by atoms with Gasteiger partial charge in [-0.2, -0.15) is 0 Å². The van der Waals surface area contributed by atoms with E-state index in [1.54, 1.807) is 12.1 Å². The van der Waals surface area contributed by atoms with Gasteiger partial charge in [-0.05, 0) is 38.8 Å². The Kier molecular flexibility index (Phi) is 4.76. The number of likely N-dealkylation sites (tertiary alicyclic amines) is 2. The van der Waals surface area contributed by atoms with E-state index in [9.17, 15) is 9.18 Å². The van der Waals surface area contributed by atoms with Crippen LogP contribution in [0, 0.1) is 18.2 Å². The number of benzene rings is 1.